The summed E-state index contributed by atoms with van der Waals surface area (Å²) in [6.07, 6.45) is 3.94. The van der Waals surface area contributed by atoms with E-state index in [4.69, 9.17) is 4.74 Å². The quantitative estimate of drug-likeness (QED) is 0.898. The number of methoxy groups -OCH3 is 1. The van der Waals surface area contributed by atoms with E-state index in [1.807, 2.05) is 6.07 Å². The van der Waals surface area contributed by atoms with Crippen molar-refractivity contribution >= 4 is 0 Å². The first kappa shape index (κ1) is 15.3. The van der Waals surface area contributed by atoms with Gasteiger partial charge in [-0.1, -0.05) is 32.4 Å². The van der Waals surface area contributed by atoms with Crippen LogP contribution in [0.5, 0.6) is 5.75 Å². The van der Waals surface area contributed by atoms with Gasteiger partial charge in [0, 0.05) is 17.5 Å². The Hall–Kier alpha value is -1.06. The van der Waals surface area contributed by atoms with Crippen LogP contribution < -0.4 is 4.74 Å². The maximum Gasteiger partial charge on any atom is 0.123 e. The Labute approximate surface area is 122 Å². The molecule has 0 bridgehead atoms. The van der Waals surface area contributed by atoms with Gasteiger partial charge in [0.05, 0.1) is 13.7 Å². The van der Waals surface area contributed by atoms with Crippen LogP contribution in [0.3, 0.4) is 0 Å². The van der Waals surface area contributed by atoms with Crippen molar-refractivity contribution in [3.8, 4) is 5.75 Å². The number of nitrogens with zero attached hydrogens (tertiary/aromatic N) is 1. The van der Waals surface area contributed by atoms with Gasteiger partial charge in [-0.15, -0.1) is 0 Å². The summed E-state index contributed by atoms with van der Waals surface area (Å²) in [6.45, 7) is 7.59. The van der Waals surface area contributed by atoms with Crippen LogP contribution in [0.2, 0.25) is 0 Å². The van der Waals surface area contributed by atoms with Crippen LogP contribution in [0.4, 0.5) is 0 Å². The molecule has 0 atom stereocenters. The Bertz CT molecular complexity index is 437. The van der Waals surface area contributed by atoms with Crippen LogP contribution in [0.15, 0.2) is 18.2 Å². The van der Waals surface area contributed by atoms with E-state index in [0.29, 0.717) is 0 Å². The monoisotopic (exact) mass is 277 g/mol. The normalized spacial score (nSPS) is 17.2. The fraction of sp³-hybridized carbons (Fsp3) is 0.647. The molecule has 0 aromatic heterocycles. The Kier molecular flexibility index (Phi) is 5.06. The number of hydrogen-bond acceptors (Lipinski definition) is 3. The zero-order valence-corrected chi connectivity index (χ0v) is 13.0. The summed E-state index contributed by atoms with van der Waals surface area (Å²) in [5.74, 6) is 0.952. The molecule has 3 heteroatoms. The fourth-order valence-electron chi connectivity index (χ4n) is 2.77. The molecule has 1 aromatic rings. The molecule has 0 aliphatic carbocycles. The highest BCUT2D eigenvalue weighted by molar-refractivity contribution is 5.40. The Morgan fingerprint density at radius 1 is 1.20 bits per heavy atom. The lowest BCUT2D eigenvalue weighted by Gasteiger charge is -2.28. The molecular weight excluding hydrogens is 250 g/mol. The molecule has 1 aliphatic heterocycles. The predicted octanol–water partition coefficient (Wildman–Crippen LogP) is 2.95. The topological polar surface area (TPSA) is 32.7 Å². The van der Waals surface area contributed by atoms with Crippen molar-refractivity contribution in [3.63, 3.8) is 0 Å². The van der Waals surface area contributed by atoms with Gasteiger partial charge in [0.25, 0.3) is 0 Å². The molecule has 1 fully saturated rings. The van der Waals surface area contributed by atoms with Crippen molar-refractivity contribution in [2.75, 3.05) is 26.8 Å². The molecule has 1 heterocycles. The molecular formula is C17H27NO2. The third-order valence-electron chi connectivity index (χ3n) is 4.30. The van der Waals surface area contributed by atoms with Gasteiger partial charge in [-0.25, -0.2) is 0 Å². The zero-order valence-electron chi connectivity index (χ0n) is 13.0. The molecule has 112 valence electrons. The molecule has 1 N–H and O–H groups in total. The van der Waals surface area contributed by atoms with Gasteiger partial charge in [0.2, 0.25) is 0 Å². The summed E-state index contributed by atoms with van der Waals surface area (Å²) < 4.78 is 5.50. The smallest absolute Gasteiger partial charge is 0.123 e. The van der Waals surface area contributed by atoms with Crippen molar-refractivity contribution in [1.82, 2.24) is 4.90 Å². The summed E-state index contributed by atoms with van der Waals surface area (Å²) in [6, 6.07) is 6.30. The molecule has 1 aliphatic rings. The zero-order chi connectivity index (χ0) is 14.6. The van der Waals surface area contributed by atoms with Gasteiger partial charge in [0.15, 0.2) is 0 Å². The SMILES string of the molecule is COc1ccc(C(C)(C)CO)cc1CN1CCCCC1. The number of ether oxygens (including phenoxy) is 1. The van der Waals surface area contributed by atoms with Crippen LogP contribution in [0.1, 0.15) is 44.2 Å². The van der Waals surface area contributed by atoms with Gasteiger partial charge in [-0.05, 0) is 37.6 Å². The standard InChI is InChI=1S/C17H27NO2/c1-17(2,13-19)15-7-8-16(20-3)14(11-15)12-18-9-5-4-6-10-18/h7-8,11,19H,4-6,9-10,12-13H2,1-3H3. The van der Waals surface area contributed by atoms with Crippen LogP contribution in [-0.2, 0) is 12.0 Å². The molecule has 0 radical (unpaired) electrons. The summed E-state index contributed by atoms with van der Waals surface area (Å²) in [7, 11) is 1.73. The van der Waals surface area contributed by atoms with Gasteiger partial charge >= 0.3 is 0 Å². The van der Waals surface area contributed by atoms with Gasteiger partial charge < -0.3 is 9.84 Å². The van der Waals surface area contributed by atoms with E-state index in [0.717, 1.165) is 12.3 Å². The second-order valence-electron chi connectivity index (χ2n) is 6.41. The average Bonchev–Trinajstić information content (AvgIpc) is 2.48. The van der Waals surface area contributed by atoms with Crippen molar-refractivity contribution in [2.24, 2.45) is 0 Å². The van der Waals surface area contributed by atoms with Crippen molar-refractivity contribution < 1.29 is 9.84 Å². The maximum atomic E-state index is 9.54. The summed E-state index contributed by atoms with van der Waals surface area (Å²) in [5.41, 5.74) is 2.20. The lowest BCUT2D eigenvalue weighted by Crippen LogP contribution is -2.29. The van der Waals surface area contributed by atoms with Crippen molar-refractivity contribution in [1.29, 1.82) is 0 Å². The third-order valence-corrected chi connectivity index (χ3v) is 4.30. The highest BCUT2D eigenvalue weighted by Crippen LogP contribution is 2.29. The molecule has 1 aromatic carbocycles. The van der Waals surface area contributed by atoms with Crippen LogP contribution >= 0.6 is 0 Å². The minimum Gasteiger partial charge on any atom is -0.496 e. The van der Waals surface area contributed by atoms with Crippen molar-refractivity contribution in [3.05, 3.63) is 29.3 Å². The number of hydrogen-bond donors (Lipinski definition) is 1. The lowest BCUT2D eigenvalue weighted by atomic mass is 9.84. The number of benzene rings is 1. The highest BCUT2D eigenvalue weighted by atomic mass is 16.5. The van der Waals surface area contributed by atoms with Crippen molar-refractivity contribution in [2.45, 2.75) is 45.1 Å². The van der Waals surface area contributed by atoms with E-state index < -0.39 is 0 Å². The lowest BCUT2D eigenvalue weighted by molar-refractivity contribution is 0.214. The molecule has 1 saturated heterocycles. The first-order chi connectivity index (χ1) is 9.56. The molecule has 0 spiro atoms. The molecule has 0 unspecified atom stereocenters. The number of aliphatic hydroxyl groups is 1. The fourth-order valence-corrected chi connectivity index (χ4v) is 2.77. The minimum atomic E-state index is -0.205. The van der Waals surface area contributed by atoms with E-state index in [-0.39, 0.29) is 12.0 Å². The predicted molar refractivity (Wildman–Crippen MR) is 82.2 cm³/mol. The first-order valence-corrected chi connectivity index (χ1v) is 7.57. The third kappa shape index (κ3) is 3.53. The Morgan fingerprint density at radius 3 is 2.50 bits per heavy atom. The summed E-state index contributed by atoms with van der Waals surface area (Å²) in [5, 5.41) is 9.54. The average molecular weight is 277 g/mol. The van der Waals surface area contributed by atoms with Gasteiger partial charge in [0.1, 0.15) is 5.75 Å². The van der Waals surface area contributed by atoms with E-state index in [2.05, 4.69) is 30.9 Å². The van der Waals surface area contributed by atoms with Gasteiger partial charge in [-0.2, -0.15) is 0 Å². The largest absolute Gasteiger partial charge is 0.496 e. The first-order valence-electron chi connectivity index (χ1n) is 7.57. The molecule has 0 amide bonds. The summed E-state index contributed by atoms with van der Waals surface area (Å²) >= 11 is 0. The highest BCUT2D eigenvalue weighted by Gasteiger charge is 2.21. The Morgan fingerprint density at radius 2 is 1.90 bits per heavy atom. The number of aliphatic hydroxyl groups excluding tert-OH is 1. The maximum absolute atomic E-state index is 9.54. The van der Waals surface area contributed by atoms with Crippen LogP contribution in [-0.4, -0.2) is 36.8 Å². The van der Waals surface area contributed by atoms with E-state index in [1.165, 1.54) is 43.5 Å². The molecule has 2 rings (SSSR count). The molecule has 20 heavy (non-hydrogen) atoms. The number of rotatable bonds is 5. The molecule has 3 nitrogen and oxygen atoms in total. The van der Waals surface area contributed by atoms with E-state index in [9.17, 15) is 5.11 Å². The van der Waals surface area contributed by atoms with Crippen LogP contribution in [0.25, 0.3) is 0 Å². The van der Waals surface area contributed by atoms with Crippen LogP contribution in [0, 0.1) is 0 Å². The number of likely N-dealkylation sites (tertiary alicyclic amines) is 1. The minimum absolute atomic E-state index is 0.155. The van der Waals surface area contributed by atoms with Gasteiger partial charge in [-0.3, -0.25) is 4.90 Å². The molecule has 0 saturated carbocycles. The Balaban J connectivity index is 2.22. The van der Waals surface area contributed by atoms with E-state index in [1.54, 1.807) is 7.11 Å². The van der Waals surface area contributed by atoms with E-state index >= 15 is 0 Å². The second kappa shape index (κ2) is 6.59. The summed E-state index contributed by atoms with van der Waals surface area (Å²) in [4.78, 5) is 2.50. The number of piperidine rings is 1. The second-order valence-corrected chi connectivity index (χ2v) is 6.41.